The van der Waals surface area contributed by atoms with Crippen LogP contribution in [0.3, 0.4) is 0 Å². The molecule has 1 heterocycles. The molecular weight excluding hydrogens is 452 g/mol. The number of Topliss-reactive ketones (excluding diaryl/α,β-unsaturated/α-hetero) is 2. The molecule has 6 nitrogen and oxygen atoms in total. The van der Waals surface area contributed by atoms with Crippen molar-refractivity contribution >= 4 is 17.5 Å². The molecule has 0 N–H and O–H groups in total. The first-order valence-electron chi connectivity index (χ1n) is 14.2. The second-order valence-corrected chi connectivity index (χ2v) is 11.9. The first-order valence-corrected chi connectivity index (χ1v) is 14.2. The summed E-state index contributed by atoms with van der Waals surface area (Å²) in [5, 5.41) is 0. The number of rotatable bonds is 16. The van der Waals surface area contributed by atoms with Gasteiger partial charge in [0.2, 0.25) is 0 Å². The highest BCUT2D eigenvalue weighted by Crippen LogP contribution is 2.41. The average molecular weight is 507 g/mol. The molecule has 1 saturated heterocycles. The lowest BCUT2D eigenvalue weighted by molar-refractivity contribution is -0.134. The fourth-order valence-electron chi connectivity index (χ4n) is 6.25. The molecule has 0 radical (unpaired) electrons. The maximum Gasteiger partial charge on any atom is 0.190 e. The molecule has 0 aromatic carbocycles. The zero-order valence-corrected chi connectivity index (χ0v) is 25.0. The van der Waals surface area contributed by atoms with E-state index in [-0.39, 0.29) is 47.2 Å². The third-order valence-electron chi connectivity index (χ3n) is 8.76. The van der Waals surface area contributed by atoms with Crippen molar-refractivity contribution in [3.05, 3.63) is 5.76 Å². The maximum absolute atomic E-state index is 13.6. The first kappa shape index (κ1) is 32.5. The van der Waals surface area contributed by atoms with Crippen molar-refractivity contribution in [1.29, 1.82) is 0 Å². The van der Waals surface area contributed by atoms with Crippen LogP contribution in [0.4, 0.5) is 0 Å². The van der Waals surface area contributed by atoms with E-state index in [0.717, 1.165) is 38.8 Å². The normalized spacial score (nSPS) is 21.8. The molecule has 36 heavy (non-hydrogen) atoms. The molecule has 1 rings (SSSR count). The van der Waals surface area contributed by atoms with Crippen molar-refractivity contribution in [1.82, 2.24) is 9.80 Å². The third-order valence-corrected chi connectivity index (χ3v) is 8.76. The molecule has 208 valence electrons. The Kier molecular flexibility index (Phi) is 13.1. The molecule has 0 aromatic heterocycles. The van der Waals surface area contributed by atoms with Crippen LogP contribution >= 0.6 is 0 Å². The molecule has 0 saturated carbocycles. The van der Waals surface area contributed by atoms with Crippen LogP contribution in [-0.4, -0.2) is 72.7 Å². The molecule has 1 aliphatic heterocycles. The lowest BCUT2D eigenvalue weighted by Gasteiger charge is -2.49. The van der Waals surface area contributed by atoms with Gasteiger partial charge in [-0.1, -0.05) is 61.8 Å². The van der Waals surface area contributed by atoms with E-state index >= 15 is 0 Å². The van der Waals surface area contributed by atoms with Crippen molar-refractivity contribution in [2.75, 3.05) is 27.2 Å². The first-order chi connectivity index (χ1) is 16.8. The van der Waals surface area contributed by atoms with Gasteiger partial charge >= 0.3 is 0 Å². The van der Waals surface area contributed by atoms with Crippen molar-refractivity contribution < 1.29 is 19.1 Å². The van der Waals surface area contributed by atoms with Gasteiger partial charge in [-0.15, -0.1) is 0 Å². The second kappa shape index (κ2) is 14.4. The van der Waals surface area contributed by atoms with E-state index < -0.39 is 11.3 Å². The third kappa shape index (κ3) is 7.76. The van der Waals surface area contributed by atoms with Crippen LogP contribution in [-0.2, 0) is 19.1 Å². The quantitative estimate of drug-likeness (QED) is 0.206. The summed E-state index contributed by atoms with van der Waals surface area (Å²) in [6, 6.07) is 0.264. The van der Waals surface area contributed by atoms with Gasteiger partial charge in [0.25, 0.3) is 0 Å². The van der Waals surface area contributed by atoms with Gasteiger partial charge in [-0.05, 0) is 53.2 Å². The molecule has 0 amide bonds. The summed E-state index contributed by atoms with van der Waals surface area (Å²) in [6.45, 7) is 20.2. The predicted molar refractivity (Wildman–Crippen MR) is 147 cm³/mol. The Bertz CT molecular complexity index is 773. The van der Waals surface area contributed by atoms with Crippen LogP contribution < -0.4 is 0 Å². The highest BCUT2D eigenvalue weighted by Gasteiger charge is 2.48. The second-order valence-electron chi connectivity index (χ2n) is 11.9. The van der Waals surface area contributed by atoms with Gasteiger partial charge in [-0.25, -0.2) is 4.79 Å². The van der Waals surface area contributed by atoms with Gasteiger partial charge in [-0.2, -0.15) is 0 Å². The number of hydrogen-bond acceptors (Lipinski definition) is 6. The Morgan fingerprint density at radius 3 is 2.11 bits per heavy atom. The number of carbonyl (C=O) groups excluding carboxylic acids is 3. The number of ketones is 2. The summed E-state index contributed by atoms with van der Waals surface area (Å²) in [5.41, 5.74) is -0.465. The van der Waals surface area contributed by atoms with E-state index in [0.29, 0.717) is 12.5 Å². The number of ether oxygens (including phenoxy) is 1. The molecule has 0 aromatic rings. The summed E-state index contributed by atoms with van der Waals surface area (Å²) in [5.74, 6) is 1.35. The lowest BCUT2D eigenvalue weighted by Crippen LogP contribution is -2.58. The van der Waals surface area contributed by atoms with Crippen LogP contribution in [0.25, 0.3) is 0 Å². The minimum absolute atomic E-state index is 0.00236. The minimum Gasteiger partial charge on any atom is -0.482 e. The summed E-state index contributed by atoms with van der Waals surface area (Å²) in [7, 11) is 4.28. The van der Waals surface area contributed by atoms with Gasteiger partial charge in [0.15, 0.2) is 11.7 Å². The Labute approximate surface area is 221 Å². The summed E-state index contributed by atoms with van der Waals surface area (Å²) < 4.78 is 6.37. The Hall–Kier alpha value is -1.49. The number of carbonyl (C=O) groups is 2. The molecular formula is C30H54N2O4. The summed E-state index contributed by atoms with van der Waals surface area (Å²) >= 11 is 0. The lowest BCUT2D eigenvalue weighted by atomic mass is 9.69. The fraction of sp³-hybridized carbons (Fsp3) is 0.867. The Morgan fingerprint density at radius 1 is 1.06 bits per heavy atom. The van der Waals surface area contributed by atoms with E-state index in [4.69, 9.17) is 4.74 Å². The predicted octanol–water partition coefficient (Wildman–Crippen LogP) is 5.42. The van der Waals surface area contributed by atoms with Crippen LogP contribution in [0.5, 0.6) is 0 Å². The number of nitrogens with zero attached hydrogens (tertiary/aromatic N) is 2. The van der Waals surface area contributed by atoms with E-state index in [1.165, 1.54) is 0 Å². The van der Waals surface area contributed by atoms with Crippen molar-refractivity contribution in [3.8, 4) is 0 Å². The molecule has 6 heteroatoms. The molecule has 4 unspecified atom stereocenters. The number of allylic oxidation sites excluding steroid dienone is 1. The minimum atomic E-state index is -0.634. The van der Waals surface area contributed by atoms with Gasteiger partial charge in [0, 0.05) is 41.8 Å². The molecule has 7 atom stereocenters. The van der Waals surface area contributed by atoms with Crippen molar-refractivity contribution in [2.45, 2.75) is 113 Å². The topological polar surface area (TPSA) is 66.9 Å². The number of likely N-dealkylation sites (tertiary alicyclic amines) is 1. The van der Waals surface area contributed by atoms with E-state index in [1.807, 2.05) is 33.6 Å². The summed E-state index contributed by atoms with van der Waals surface area (Å²) in [6.07, 6.45) is 3.95. The van der Waals surface area contributed by atoms with Crippen LogP contribution in [0.1, 0.15) is 94.4 Å². The Balaban J connectivity index is 3.38. The highest BCUT2D eigenvalue weighted by molar-refractivity contribution is 5.86. The Morgan fingerprint density at radius 2 is 1.67 bits per heavy atom. The molecule has 1 fully saturated rings. The fourth-order valence-corrected chi connectivity index (χ4v) is 6.25. The number of likely N-dealkylation sites (N-methyl/N-ethyl adjacent to an activating group) is 2. The van der Waals surface area contributed by atoms with Crippen molar-refractivity contribution in [2.24, 2.45) is 29.1 Å². The highest BCUT2D eigenvalue weighted by atomic mass is 16.5. The van der Waals surface area contributed by atoms with E-state index in [9.17, 15) is 14.4 Å². The standard InChI is InChI=1S/C30H54N2O4/c1-12-15-21(5)28(35)23(7)29(32(11)24-16-17-31(10)18-24)30(8,9)26(14-3)36-25(19-33)22(6)27(34)20(4)13-2/h20-24,26,29H,12-18H2,1-11H3/t20-,21-,22?,23?,24?,26-,29?/m1/s1. The van der Waals surface area contributed by atoms with E-state index in [2.05, 4.69) is 51.6 Å². The molecule has 0 aliphatic carbocycles. The van der Waals surface area contributed by atoms with Crippen LogP contribution in [0, 0.1) is 29.1 Å². The molecule has 1 aliphatic rings. The summed E-state index contributed by atoms with van der Waals surface area (Å²) in [4.78, 5) is 43.2. The zero-order chi connectivity index (χ0) is 27.8. The van der Waals surface area contributed by atoms with Gasteiger partial charge in [-0.3, -0.25) is 14.5 Å². The smallest absolute Gasteiger partial charge is 0.190 e. The molecule has 0 spiro atoms. The monoisotopic (exact) mass is 506 g/mol. The van der Waals surface area contributed by atoms with Gasteiger partial charge < -0.3 is 9.64 Å². The SMILES string of the molecule is CCC[C@@H](C)C(=O)C(C)C(N(C)C1CCN(C)C1)C(C)(C)[C@@H](CC)OC(=C=O)C(C)C(=O)[C@H](C)CC. The molecule has 0 bridgehead atoms. The average Bonchev–Trinajstić information content (AvgIpc) is 3.28. The van der Waals surface area contributed by atoms with E-state index in [1.54, 1.807) is 6.92 Å². The van der Waals surface area contributed by atoms with Crippen LogP contribution in [0.15, 0.2) is 5.76 Å². The number of hydrogen-bond donors (Lipinski definition) is 0. The largest absolute Gasteiger partial charge is 0.482 e. The van der Waals surface area contributed by atoms with Gasteiger partial charge in [0.05, 0.1) is 5.92 Å². The zero-order valence-electron chi connectivity index (χ0n) is 25.0. The van der Waals surface area contributed by atoms with Crippen molar-refractivity contribution in [3.63, 3.8) is 0 Å². The maximum atomic E-state index is 13.6. The van der Waals surface area contributed by atoms with Gasteiger partial charge in [0.1, 0.15) is 17.7 Å². The van der Waals surface area contributed by atoms with Crippen LogP contribution in [0.2, 0.25) is 0 Å².